The molecule has 7 heteroatoms. The van der Waals surface area contributed by atoms with Crippen LogP contribution in [0.15, 0.2) is 28.8 Å². The van der Waals surface area contributed by atoms with Crippen LogP contribution in [0.25, 0.3) is 0 Å². The summed E-state index contributed by atoms with van der Waals surface area (Å²) >= 11 is 5.88. The second-order valence-corrected chi connectivity index (χ2v) is 5.25. The smallest absolute Gasteiger partial charge is 0.264 e. The molecule has 2 N–H and O–H groups in total. The van der Waals surface area contributed by atoms with Gasteiger partial charge in [0.2, 0.25) is 0 Å². The van der Waals surface area contributed by atoms with Crippen LogP contribution in [0.3, 0.4) is 0 Å². The molecular weight excluding hydrogens is 294 g/mol. The number of nitrogens with two attached hydrogens (primary N) is 1. The number of rotatable bonds is 7. The Balaban J connectivity index is 1.97. The normalized spacial score (nSPS) is 13.9. The van der Waals surface area contributed by atoms with Gasteiger partial charge >= 0.3 is 0 Å². The first-order valence-electron chi connectivity index (χ1n) is 6.59. The first-order chi connectivity index (χ1) is 10.0. The van der Waals surface area contributed by atoms with E-state index in [2.05, 4.69) is 10.1 Å². The van der Waals surface area contributed by atoms with E-state index in [9.17, 15) is 0 Å². The van der Waals surface area contributed by atoms with Gasteiger partial charge in [0, 0.05) is 11.6 Å². The van der Waals surface area contributed by atoms with Gasteiger partial charge in [0.1, 0.15) is 11.3 Å². The Kier molecular flexibility index (Phi) is 5.17. The van der Waals surface area contributed by atoms with Crippen LogP contribution in [0.4, 0.5) is 0 Å². The number of halogens is 1. The lowest BCUT2D eigenvalue weighted by molar-refractivity contribution is 0.0962. The van der Waals surface area contributed by atoms with Gasteiger partial charge < -0.3 is 19.7 Å². The third kappa shape index (κ3) is 4.42. The van der Waals surface area contributed by atoms with Crippen molar-refractivity contribution in [2.24, 2.45) is 5.73 Å². The highest BCUT2D eigenvalue weighted by atomic mass is 35.5. The minimum atomic E-state index is -0.798. The number of nitrogens with zero attached hydrogens (tertiary/aromatic N) is 2. The van der Waals surface area contributed by atoms with Crippen LogP contribution in [-0.2, 0) is 16.9 Å². The van der Waals surface area contributed by atoms with Crippen molar-refractivity contribution in [3.63, 3.8) is 0 Å². The highest BCUT2D eigenvalue weighted by Crippen LogP contribution is 2.19. The van der Waals surface area contributed by atoms with E-state index in [1.54, 1.807) is 31.2 Å². The Morgan fingerprint density at radius 2 is 2.24 bits per heavy atom. The summed E-state index contributed by atoms with van der Waals surface area (Å²) in [6, 6.07) is 7.08. The molecule has 21 heavy (non-hydrogen) atoms. The number of ether oxygens (including phenoxy) is 2. The van der Waals surface area contributed by atoms with Crippen molar-refractivity contribution < 1.29 is 14.0 Å². The molecular formula is C14H18ClN3O3. The van der Waals surface area contributed by atoms with E-state index >= 15 is 0 Å². The summed E-state index contributed by atoms with van der Waals surface area (Å²) in [6.07, 6.45) is 0. The Labute approximate surface area is 128 Å². The molecule has 2 aromatic rings. The molecule has 0 amide bonds. The number of hydrogen-bond acceptors (Lipinski definition) is 6. The maximum absolute atomic E-state index is 6.10. The molecule has 2 rings (SSSR count). The maximum atomic E-state index is 6.10. The van der Waals surface area contributed by atoms with E-state index < -0.39 is 5.54 Å². The van der Waals surface area contributed by atoms with Crippen LogP contribution in [0, 0.1) is 0 Å². The van der Waals surface area contributed by atoms with Gasteiger partial charge in [-0.15, -0.1) is 0 Å². The summed E-state index contributed by atoms with van der Waals surface area (Å²) in [4.78, 5) is 4.23. The van der Waals surface area contributed by atoms with E-state index in [1.807, 2.05) is 6.92 Å². The molecule has 0 fully saturated rings. The highest BCUT2D eigenvalue weighted by Gasteiger charge is 2.27. The average molecular weight is 312 g/mol. The first kappa shape index (κ1) is 15.8. The summed E-state index contributed by atoms with van der Waals surface area (Å²) < 4.78 is 16.0. The van der Waals surface area contributed by atoms with E-state index in [4.69, 9.17) is 31.3 Å². The summed E-state index contributed by atoms with van der Waals surface area (Å²) in [5.74, 6) is 1.37. The number of benzene rings is 1. The third-order valence-corrected chi connectivity index (χ3v) is 2.98. The Morgan fingerprint density at radius 1 is 1.43 bits per heavy atom. The minimum Gasteiger partial charge on any atom is -0.484 e. The highest BCUT2D eigenvalue weighted by molar-refractivity contribution is 6.30. The predicted molar refractivity (Wildman–Crippen MR) is 78.1 cm³/mol. The van der Waals surface area contributed by atoms with Gasteiger partial charge in [-0.25, -0.2) is 0 Å². The van der Waals surface area contributed by atoms with E-state index in [0.717, 1.165) is 0 Å². The quantitative estimate of drug-likeness (QED) is 0.846. The lowest BCUT2D eigenvalue weighted by Gasteiger charge is -2.19. The lowest BCUT2D eigenvalue weighted by atomic mass is 10.1. The van der Waals surface area contributed by atoms with Crippen molar-refractivity contribution in [3.8, 4) is 5.75 Å². The molecule has 0 aliphatic carbocycles. The van der Waals surface area contributed by atoms with Gasteiger partial charge in [-0.3, -0.25) is 0 Å². The van der Waals surface area contributed by atoms with E-state index in [1.165, 1.54) is 0 Å². The molecule has 1 atom stereocenters. The van der Waals surface area contributed by atoms with Crippen molar-refractivity contribution in [2.75, 3.05) is 13.2 Å². The Morgan fingerprint density at radius 3 is 2.95 bits per heavy atom. The SMILES string of the molecule is CCOCC(C)(N)c1noc(COc2cccc(Cl)c2)n1. The van der Waals surface area contributed by atoms with Gasteiger partial charge in [0.15, 0.2) is 12.4 Å². The molecule has 0 bridgehead atoms. The molecule has 0 aliphatic heterocycles. The molecule has 0 spiro atoms. The summed E-state index contributed by atoms with van der Waals surface area (Å²) in [5.41, 5.74) is 5.30. The summed E-state index contributed by atoms with van der Waals surface area (Å²) in [6.45, 7) is 4.73. The van der Waals surface area contributed by atoms with Gasteiger partial charge in [-0.05, 0) is 32.0 Å². The second-order valence-electron chi connectivity index (χ2n) is 4.81. The summed E-state index contributed by atoms with van der Waals surface area (Å²) in [7, 11) is 0. The zero-order valence-corrected chi connectivity index (χ0v) is 12.8. The molecule has 114 valence electrons. The fraction of sp³-hybridized carbons (Fsp3) is 0.429. The van der Waals surface area contributed by atoms with Crippen molar-refractivity contribution in [2.45, 2.75) is 26.0 Å². The second kappa shape index (κ2) is 6.89. The minimum absolute atomic E-state index is 0.151. The average Bonchev–Trinajstić information content (AvgIpc) is 2.93. The van der Waals surface area contributed by atoms with Crippen LogP contribution < -0.4 is 10.5 Å². The van der Waals surface area contributed by atoms with Gasteiger partial charge in [-0.2, -0.15) is 4.98 Å². The van der Waals surface area contributed by atoms with Crippen LogP contribution >= 0.6 is 11.6 Å². The van der Waals surface area contributed by atoms with Crippen LogP contribution in [0.1, 0.15) is 25.6 Å². The molecule has 1 aromatic heterocycles. The van der Waals surface area contributed by atoms with Crippen molar-refractivity contribution >= 4 is 11.6 Å². The van der Waals surface area contributed by atoms with E-state index in [-0.39, 0.29) is 6.61 Å². The Hall–Kier alpha value is -1.63. The maximum Gasteiger partial charge on any atom is 0.264 e. The van der Waals surface area contributed by atoms with Crippen molar-refractivity contribution in [1.29, 1.82) is 0 Å². The van der Waals surface area contributed by atoms with Crippen LogP contribution in [-0.4, -0.2) is 23.4 Å². The number of aromatic nitrogens is 2. The largest absolute Gasteiger partial charge is 0.484 e. The third-order valence-electron chi connectivity index (χ3n) is 2.74. The molecule has 1 heterocycles. The van der Waals surface area contributed by atoms with Gasteiger partial charge in [0.25, 0.3) is 5.89 Å². The first-order valence-corrected chi connectivity index (χ1v) is 6.97. The van der Waals surface area contributed by atoms with Crippen LogP contribution in [0.5, 0.6) is 5.75 Å². The van der Waals surface area contributed by atoms with Gasteiger partial charge in [-0.1, -0.05) is 22.8 Å². The fourth-order valence-electron chi connectivity index (χ4n) is 1.63. The van der Waals surface area contributed by atoms with Crippen molar-refractivity contribution in [3.05, 3.63) is 41.0 Å². The predicted octanol–water partition coefficient (Wildman–Crippen LogP) is 2.51. The van der Waals surface area contributed by atoms with Crippen LogP contribution in [0.2, 0.25) is 5.02 Å². The molecule has 0 saturated heterocycles. The standard InChI is InChI=1S/C14H18ClN3O3/c1-3-19-9-14(2,16)13-17-12(21-18-13)8-20-11-6-4-5-10(15)7-11/h4-7H,3,8-9,16H2,1-2H3. The Bertz CT molecular complexity index is 586. The van der Waals surface area contributed by atoms with Gasteiger partial charge in [0.05, 0.1) is 6.61 Å². The molecule has 0 saturated carbocycles. The molecule has 1 unspecified atom stereocenters. The molecule has 1 aromatic carbocycles. The monoisotopic (exact) mass is 311 g/mol. The molecule has 0 aliphatic rings. The molecule has 0 radical (unpaired) electrons. The number of hydrogen-bond donors (Lipinski definition) is 1. The summed E-state index contributed by atoms with van der Waals surface area (Å²) in [5, 5.41) is 4.48. The zero-order valence-electron chi connectivity index (χ0n) is 12.0. The zero-order chi connectivity index (χ0) is 15.3. The van der Waals surface area contributed by atoms with E-state index in [0.29, 0.717) is 35.7 Å². The van der Waals surface area contributed by atoms with Crippen molar-refractivity contribution in [1.82, 2.24) is 10.1 Å². The fourth-order valence-corrected chi connectivity index (χ4v) is 1.81. The lowest BCUT2D eigenvalue weighted by Crippen LogP contribution is -2.39. The molecule has 6 nitrogen and oxygen atoms in total. The topological polar surface area (TPSA) is 83.4 Å².